The second-order valence-electron chi connectivity index (χ2n) is 3.06. The number of hydrogen-bond donors (Lipinski definition) is 0. The Balaban J connectivity index is 2.74. The lowest BCUT2D eigenvalue weighted by atomic mass is 10.3. The summed E-state index contributed by atoms with van der Waals surface area (Å²) < 4.78 is 6.67. The summed E-state index contributed by atoms with van der Waals surface area (Å²) in [6.07, 6.45) is 2.36. The van der Waals surface area contributed by atoms with Crippen LogP contribution in [0.15, 0.2) is 18.3 Å². The number of fused-ring (bicyclic) bond motifs is 1. The average molecular weight is 225 g/mol. The van der Waals surface area contributed by atoms with E-state index in [2.05, 4.69) is 4.98 Å². The number of hydrogen-bond acceptors (Lipinski definition) is 3. The topological polar surface area (TPSA) is 44.1 Å². The summed E-state index contributed by atoms with van der Waals surface area (Å²) in [6, 6.07) is 3.40. The third-order valence-electron chi connectivity index (χ3n) is 2.15. The standard InChI is InChI=1S/C10H9ClN2O2/c1-15-6-13-7(5-14)4-8-9(11)2-3-12-10(8)13/h2-5H,6H2,1H3. The van der Waals surface area contributed by atoms with Gasteiger partial charge in [-0.05, 0) is 12.1 Å². The highest BCUT2D eigenvalue weighted by molar-refractivity contribution is 6.35. The van der Waals surface area contributed by atoms with Gasteiger partial charge in [0.15, 0.2) is 6.29 Å². The van der Waals surface area contributed by atoms with Crippen molar-refractivity contribution >= 4 is 28.9 Å². The van der Waals surface area contributed by atoms with Crippen molar-refractivity contribution in [1.82, 2.24) is 9.55 Å². The number of rotatable bonds is 3. The van der Waals surface area contributed by atoms with Crippen LogP contribution in [0, 0.1) is 0 Å². The fourth-order valence-electron chi connectivity index (χ4n) is 1.50. The summed E-state index contributed by atoms with van der Waals surface area (Å²) in [6.45, 7) is 0.283. The van der Waals surface area contributed by atoms with Crippen molar-refractivity contribution in [2.45, 2.75) is 6.73 Å². The second kappa shape index (κ2) is 4.00. The normalized spacial score (nSPS) is 10.8. The lowest BCUT2D eigenvalue weighted by Crippen LogP contribution is -2.04. The third kappa shape index (κ3) is 1.62. The van der Waals surface area contributed by atoms with Crippen molar-refractivity contribution in [3.8, 4) is 0 Å². The van der Waals surface area contributed by atoms with Crippen LogP contribution < -0.4 is 0 Å². The van der Waals surface area contributed by atoms with E-state index in [9.17, 15) is 4.79 Å². The Bertz CT molecular complexity index is 507. The zero-order valence-electron chi connectivity index (χ0n) is 8.11. The molecule has 0 radical (unpaired) electrons. The van der Waals surface area contributed by atoms with E-state index in [1.807, 2.05) is 0 Å². The predicted octanol–water partition coefficient (Wildman–Crippen LogP) is 2.11. The molecule has 4 nitrogen and oxygen atoms in total. The van der Waals surface area contributed by atoms with E-state index >= 15 is 0 Å². The van der Waals surface area contributed by atoms with Gasteiger partial charge in [-0.25, -0.2) is 4.98 Å². The quantitative estimate of drug-likeness (QED) is 0.750. The molecule has 0 atom stereocenters. The number of ether oxygens (including phenoxy) is 1. The first-order valence-electron chi connectivity index (χ1n) is 4.35. The molecule has 0 saturated heterocycles. The van der Waals surface area contributed by atoms with Crippen LogP contribution in [0.1, 0.15) is 10.5 Å². The van der Waals surface area contributed by atoms with Crippen LogP contribution in [0.2, 0.25) is 5.02 Å². The molecule has 0 N–H and O–H groups in total. The molecule has 78 valence electrons. The highest BCUT2D eigenvalue weighted by Crippen LogP contribution is 2.24. The molecular weight excluding hydrogens is 216 g/mol. The van der Waals surface area contributed by atoms with E-state index in [4.69, 9.17) is 16.3 Å². The van der Waals surface area contributed by atoms with Gasteiger partial charge in [-0.2, -0.15) is 0 Å². The molecule has 2 aromatic rings. The van der Waals surface area contributed by atoms with Crippen LogP contribution in [0.4, 0.5) is 0 Å². The summed E-state index contributed by atoms with van der Waals surface area (Å²) in [4.78, 5) is 15.0. The minimum atomic E-state index is 0.283. The van der Waals surface area contributed by atoms with Crippen LogP contribution in [0.25, 0.3) is 11.0 Å². The summed E-state index contributed by atoms with van der Waals surface area (Å²) in [5.74, 6) is 0. The molecular formula is C10H9ClN2O2. The number of methoxy groups -OCH3 is 1. The van der Waals surface area contributed by atoms with Crippen LogP contribution in [0.3, 0.4) is 0 Å². The fourth-order valence-corrected chi connectivity index (χ4v) is 1.69. The Hall–Kier alpha value is -1.39. The molecule has 2 heterocycles. The van der Waals surface area contributed by atoms with Gasteiger partial charge in [0, 0.05) is 18.7 Å². The Morgan fingerprint density at radius 1 is 1.67 bits per heavy atom. The molecule has 0 saturated carbocycles. The van der Waals surface area contributed by atoms with E-state index in [0.29, 0.717) is 16.4 Å². The van der Waals surface area contributed by atoms with Gasteiger partial charge in [0.2, 0.25) is 0 Å². The maximum atomic E-state index is 10.8. The van der Waals surface area contributed by atoms with Gasteiger partial charge in [-0.3, -0.25) is 9.36 Å². The van der Waals surface area contributed by atoms with Gasteiger partial charge >= 0.3 is 0 Å². The molecule has 5 heteroatoms. The van der Waals surface area contributed by atoms with Crippen molar-refractivity contribution in [1.29, 1.82) is 0 Å². The van der Waals surface area contributed by atoms with E-state index < -0.39 is 0 Å². The van der Waals surface area contributed by atoms with E-state index in [0.717, 1.165) is 11.7 Å². The highest BCUT2D eigenvalue weighted by Gasteiger charge is 2.10. The Labute approximate surface area is 91.4 Å². The van der Waals surface area contributed by atoms with Crippen molar-refractivity contribution in [3.05, 3.63) is 29.0 Å². The SMILES string of the molecule is COCn1c(C=O)cc2c(Cl)ccnc21. The van der Waals surface area contributed by atoms with E-state index in [1.165, 1.54) is 0 Å². The molecule has 0 spiro atoms. The number of aldehydes is 1. The molecule has 0 aromatic carbocycles. The molecule has 0 aliphatic carbocycles. The van der Waals surface area contributed by atoms with Gasteiger partial charge in [-0.1, -0.05) is 11.6 Å². The molecule has 0 unspecified atom stereocenters. The largest absolute Gasteiger partial charge is 0.364 e. The Morgan fingerprint density at radius 3 is 3.13 bits per heavy atom. The maximum absolute atomic E-state index is 10.8. The summed E-state index contributed by atoms with van der Waals surface area (Å²) in [5.41, 5.74) is 1.17. The second-order valence-corrected chi connectivity index (χ2v) is 3.47. The summed E-state index contributed by atoms with van der Waals surface area (Å²) in [5, 5.41) is 1.34. The van der Waals surface area contributed by atoms with Gasteiger partial charge in [0.05, 0.1) is 10.7 Å². The number of carbonyl (C=O) groups is 1. The first-order chi connectivity index (χ1) is 7.27. The minimum Gasteiger partial charge on any atom is -0.364 e. The lowest BCUT2D eigenvalue weighted by Gasteiger charge is -2.04. The average Bonchev–Trinajstić information content (AvgIpc) is 2.59. The van der Waals surface area contributed by atoms with Crippen LogP contribution >= 0.6 is 11.6 Å². The van der Waals surface area contributed by atoms with Crippen molar-refractivity contribution in [3.63, 3.8) is 0 Å². The minimum absolute atomic E-state index is 0.283. The Kier molecular flexibility index (Phi) is 2.70. The number of aromatic nitrogens is 2. The summed E-state index contributed by atoms with van der Waals surface area (Å²) >= 11 is 5.99. The van der Waals surface area contributed by atoms with Gasteiger partial charge in [0.25, 0.3) is 0 Å². The number of carbonyl (C=O) groups excluding carboxylic acids is 1. The Morgan fingerprint density at radius 2 is 2.47 bits per heavy atom. The van der Waals surface area contributed by atoms with E-state index in [1.54, 1.807) is 30.0 Å². The summed E-state index contributed by atoms with van der Waals surface area (Å²) in [7, 11) is 1.56. The maximum Gasteiger partial charge on any atom is 0.166 e. The number of nitrogens with zero attached hydrogens (tertiary/aromatic N) is 2. The lowest BCUT2D eigenvalue weighted by molar-refractivity contribution is 0.107. The van der Waals surface area contributed by atoms with E-state index in [-0.39, 0.29) is 6.73 Å². The first-order valence-corrected chi connectivity index (χ1v) is 4.73. The van der Waals surface area contributed by atoms with Crippen LogP contribution in [-0.4, -0.2) is 22.9 Å². The fraction of sp³-hybridized carbons (Fsp3) is 0.200. The van der Waals surface area contributed by atoms with Crippen molar-refractivity contribution < 1.29 is 9.53 Å². The molecule has 0 fully saturated rings. The zero-order chi connectivity index (χ0) is 10.8. The molecule has 0 bridgehead atoms. The first kappa shape index (κ1) is 10.1. The molecule has 15 heavy (non-hydrogen) atoms. The van der Waals surface area contributed by atoms with Gasteiger partial charge < -0.3 is 4.74 Å². The van der Waals surface area contributed by atoms with Gasteiger partial charge in [0.1, 0.15) is 12.4 Å². The van der Waals surface area contributed by atoms with Crippen LogP contribution in [0.5, 0.6) is 0 Å². The van der Waals surface area contributed by atoms with Crippen molar-refractivity contribution in [2.75, 3.05) is 7.11 Å². The molecule has 0 aliphatic rings. The monoisotopic (exact) mass is 224 g/mol. The molecule has 0 amide bonds. The molecule has 2 aromatic heterocycles. The predicted molar refractivity (Wildman–Crippen MR) is 57.1 cm³/mol. The van der Waals surface area contributed by atoms with Crippen LogP contribution in [-0.2, 0) is 11.5 Å². The highest BCUT2D eigenvalue weighted by atomic mass is 35.5. The number of pyridine rings is 1. The van der Waals surface area contributed by atoms with Crippen molar-refractivity contribution in [2.24, 2.45) is 0 Å². The zero-order valence-corrected chi connectivity index (χ0v) is 8.86. The number of halogens is 1. The van der Waals surface area contributed by atoms with Gasteiger partial charge in [-0.15, -0.1) is 0 Å². The molecule has 2 rings (SSSR count). The smallest absolute Gasteiger partial charge is 0.166 e. The molecule has 0 aliphatic heterocycles. The third-order valence-corrected chi connectivity index (χ3v) is 2.48.